The Kier molecular flexibility index (Phi) is 7.33. The number of ether oxygens (including phenoxy) is 2. The van der Waals surface area contributed by atoms with E-state index in [-0.39, 0.29) is 24.6 Å². The summed E-state index contributed by atoms with van der Waals surface area (Å²) in [6, 6.07) is 15.0. The molecule has 1 heterocycles. The summed E-state index contributed by atoms with van der Waals surface area (Å²) in [6.45, 7) is 6.40. The maximum Gasteiger partial charge on any atom is 0.242 e. The largest absolute Gasteiger partial charge is 0.454 e. The Labute approximate surface area is 178 Å². The minimum Gasteiger partial charge on any atom is -0.454 e. The standard InChI is InChI=1S/C24H30N2O4/c1-4-17(2)25-24(28)18(3)26(15-20-8-6-5-7-9-20)23(27)13-11-19-10-12-21-22(14-19)30-16-29-21/h5-10,12,14,17-18H,4,11,13,15-16H2,1-3H3,(H,25,28)/t17-,18-/m0/s1. The molecule has 160 valence electrons. The Morgan fingerprint density at radius 1 is 1.03 bits per heavy atom. The Hall–Kier alpha value is -3.02. The lowest BCUT2D eigenvalue weighted by Gasteiger charge is -2.29. The van der Waals surface area contributed by atoms with Gasteiger partial charge in [-0.05, 0) is 49.9 Å². The van der Waals surface area contributed by atoms with E-state index in [2.05, 4.69) is 5.32 Å². The summed E-state index contributed by atoms with van der Waals surface area (Å²) in [5.41, 5.74) is 2.00. The van der Waals surface area contributed by atoms with Crippen molar-refractivity contribution in [1.29, 1.82) is 0 Å². The van der Waals surface area contributed by atoms with Crippen LogP contribution < -0.4 is 14.8 Å². The van der Waals surface area contributed by atoms with Crippen LogP contribution in [0.1, 0.15) is 44.7 Å². The lowest BCUT2D eigenvalue weighted by molar-refractivity contribution is -0.140. The van der Waals surface area contributed by atoms with E-state index < -0.39 is 6.04 Å². The number of amides is 2. The van der Waals surface area contributed by atoms with Gasteiger partial charge in [-0.1, -0.05) is 43.3 Å². The van der Waals surface area contributed by atoms with E-state index in [0.29, 0.717) is 25.1 Å². The van der Waals surface area contributed by atoms with E-state index >= 15 is 0 Å². The summed E-state index contributed by atoms with van der Waals surface area (Å²) in [5.74, 6) is 1.26. The highest BCUT2D eigenvalue weighted by atomic mass is 16.7. The van der Waals surface area contributed by atoms with Crippen LogP contribution in [0.5, 0.6) is 11.5 Å². The molecule has 30 heavy (non-hydrogen) atoms. The molecule has 0 saturated heterocycles. The van der Waals surface area contributed by atoms with Crippen LogP contribution in [0.2, 0.25) is 0 Å². The van der Waals surface area contributed by atoms with E-state index in [9.17, 15) is 9.59 Å². The van der Waals surface area contributed by atoms with Crippen molar-refractivity contribution in [2.24, 2.45) is 0 Å². The van der Waals surface area contributed by atoms with Gasteiger partial charge in [0.25, 0.3) is 0 Å². The van der Waals surface area contributed by atoms with Crippen LogP contribution in [-0.4, -0.2) is 35.6 Å². The number of rotatable bonds is 9. The first kappa shape index (κ1) is 21.7. The molecule has 2 atom stereocenters. The molecular weight excluding hydrogens is 380 g/mol. The maximum absolute atomic E-state index is 13.1. The average molecular weight is 411 g/mol. The van der Waals surface area contributed by atoms with E-state index in [1.807, 2.05) is 62.4 Å². The van der Waals surface area contributed by atoms with Crippen molar-refractivity contribution in [2.45, 2.75) is 58.7 Å². The summed E-state index contributed by atoms with van der Waals surface area (Å²) in [7, 11) is 0. The third-order valence-electron chi connectivity index (χ3n) is 5.43. The quantitative estimate of drug-likeness (QED) is 0.685. The summed E-state index contributed by atoms with van der Waals surface area (Å²) < 4.78 is 10.8. The molecule has 0 aliphatic carbocycles. The predicted octanol–water partition coefficient (Wildman–Crippen LogP) is 3.68. The fourth-order valence-corrected chi connectivity index (χ4v) is 3.32. The van der Waals surface area contributed by atoms with Crippen LogP contribution in [0, 0.1) is 0 Å². The molecule has 2 aromatic carbocycles. The van der Waals surface area contributed by atoms with Crippen molar-refractivity contribution in [3.63, 3.8) is 0 Å². The zero-order chi connectivity index (χ0) is 21.5. The van der Waals surface area contributed by atoms with Crippen LogP contribution in [0.4, 0.5) is 0 Å². The molecule has 2 amide bonds. The van der Waals surface area contributed by atoms with Crippen molar-refractivity contribution < 1.29 is 19.1 Å². The molecule has 6 heteroatoms. The Balaban J connectivity index is 1.69. The van der Waals surface area contributed by atoms with E-state index in [1.54, 1.807) is 11.8 Å². The van der Waals surface area contributed by atoms with Gasteiger partial charge in [0, 0.05) is 19.0 Å². The van der Waals surface area contributed by atoms with Crippen LogP contribution in [0.3, 0.4) is 0 Å². The molecular formula is C24H30N2O4. The van der Waals surface area contributed by atoms with Crippen molar-refractivity contribution in [3.8, 4) is 11.5 Å². The highest BCUT2D eigenvalue weighted by Crippen LogP contribution is 2.32. The molecule has 1 aliphatic heterocycles. The number of aryl methyl sites for hydroxylation is 1. The molecule has 0 fully saturated rings. The molecule has 1 aliphatic rings. The number of hydrogen-bond donors (Lipinski definition) is 1. The molecule has 2 aromatic rings. The summed E-state index contributed by atoms with van der Waals surface area (Å²) in [4.78, 5) is 27.5. The third-order valence-corrected chi connectivity index (χ3v) is 5.43. The highest BCUT2D eigenvalue weighted by molar-refractivity contribution is 5.87. The van der Waals surface area contributed by atoms with Gasteiger partial charge in [0.1, 0.15) is 6.04 Å². The fraction of sp³-hybridized carbons (Fsp3) is 0.417. The summed E-state index contributed by atoms with van der Waals surface area (Å²) in [5, 5.41) is 2.99. The van der Waals surface area contributed by atoms with Gasteiger partial charge < -0.3 is 19.7 Å². The number of benzene rings is 2. The molecule has 1 N–H and O–H groups in total. The molecule has 0 aromatic heterocycles. The predicted molar refractivity (Wildman–Crippen MR) is 115 cm³/mol. The molecule has 3 rings (SSSR count). The van der Waals surface area contributed by atoms with Crippen molar-refractivity contribution in [1.82, 2.24) is 10.2 Å². The van der Waals surface area contributed by atoms with Crippen LogP contribution in [-0.2, 0) is 22.6 Å². The smallest absolute Gasteiger partial charge is 0.242 e. The molecule has 0 spiro atoms. The number of carbonyl (C=O) groups is 2. The van der Waals surface area contributed by atoms with Crippen LogP contribution >= 0.6 is 0 Å². The zero-order valence-corrected chi connectivity index (χ0v) is 17.9. The number of hydrogen-bond acceptors (Lipinski definition) is 4. The second-order valence-electron chi connectivity index (χ2n) is 7.69. The Morgan fingerprint density at radius 2 is 1.77 bits per heavy atom. The highest BCUT2D eigenvalue weighted by Gasteiger charge is 2.26. The molecule has 0 radical (unpaired) electrons. The normalized spacial score (nSPS) is 14.1. The van der Waals surface area contributed by atoms with Crippen molar-refractivity contribution in [3.05, 3.63) is 59.7 Å². The zero-order valence-electron chi connectivity index (χ0n) is 17.9. The number of nitrogens with zero attached hydrogens (tertiary/aromatic N) is 1. The van der Waals surface area contributed by atoms with Crippen molar-refractivity contribution >= 4 is 11.8 Å². The van der Waals surface area contributed by atoms with Gasteiger partial charge >= 0.3 is 0 Å². The first-order valence-electron chi connectivity index (χ1n) is 10.5. The minimum atomic E-state index is -0.552. The van der Waals surface area contributed by atoms with Crippen LogP contribution in [0.15, 0.2) is 48.5 Å². The summed E-state index contributed by atoms with van der Waals surface area (Å²) in [6.07, 6.45) is 1.73. The first-order valence-corrected chi connectivity index (χ1v) is 10.5. The number of nitrogens with one attached hydrogen (secondary N) is 1. The van der Waals surface area contributed by atoms with Gasteiger partial charge in [0.05, 0.1) is 0 Å². The molecule has 0 bridgehead atoms. The number of carbonyl (C=O) groups excluding carboxylic acids is 2. The second-order valence-corrected chi connectivity index (χ2v) is 7.69. The SMILES string of the molecule is CC[C@H](C)NC(=O)[C@H](C)N(Cc1ccccc1)C(=O)CCc1ccc2c(c1)OCO2. The van der Waals surface area contributed by atoms with Crippen molar-refractivity contribution in [2.75, 3.05) is 6.79 Å². The van der Waals surface area contributed by atoms with Gasteiger partial charge in [0.15, 0.2) is 11.5 Å². The van der Waals surface area contributed by atoms with Gasteiger partial charge in [-0.25, -0.2) is 0 Å². The van der Waals surface area contributed by atoms with E-state index in [4.69, 9.17) is 9.47 Å². The average Bonchev–Trinajstić information content (AvgIpc) is 3.23. The lowest BCUT2D eigenvalue weighted by atomic mass is 10.1. The third kappa shape index (κ3) is 5.53. The van der Waals surface area contributed by atoms with Gasteiger partial charge in [-0.2, -0.15) is 0 Å². The van der Waals surface area contributed by atoms with Crippen LogP contribution in [0.25, 0.3) is 0 Å². The molecule has 6 nitrogen and oxygen atoms in total. The van der Waals surface area contributed by atoms with Gasteiger partial charge in [0.2, 0.25) is 18.6 Å². The van der Waals surface area contributed by atoms with Gasteiger partial charge in [-0.15, -0.1) is 0 Å². The summed E-state index contributed by atoms with van der Waals surface area (Å²) >= 11 is 0. The Bertz CT molecular complexity index is 869. The topological polar surface area (TPSA) is 67.9 Å². The second kappa shape index (κ2) is 10.1. The van der Waals surface area contributed by atoms with E-state index in [0.717, 1.165) is 23.3 Å². The fourth-order valence-electron chi connectivity index (χ4n) is 3.32. The maximum atomic E-state index is 13.1. The molecule has 0 unspecified atom stereocenters. The van der Waals surface area contributed by atoms with Gasteiger partial charge in [-0.3, -0.25) is 9.59 Å². The monoisotopic (exact) mass is 410 g/mol. The Morgan fingerprint density at radius 3 is 2.50 bits per heavy atom. The minimum absolute atomic E-state index is 0.0525. The first-order chi connectivity index (χ1) is 14.5. The number of fused-ring (bicyclic) bond motifs is 1. The van der Waals surface area contributed by atoms with E-state index in [1.165, 1.54) is 0 Å². The molecule has 0 saturated carbocycles. The lowest BCUT2D eigenvalue weighted by Crippen LogP contribution is -2.49.